The van der Waals surface area contributed by atoms with E-state index >= 15 is 0 Å². The van der Waals surface area contributed by atoms with E-state index in [4.69, 9.17) is 13.9 Å². The van der Waals surface area contributed by atoms with Crippen LogP contribution in [-0.4, -0.2) is 19.3 Å². The van der Waals surface area contributed by atoms with Crippen LogP contribution in [0.5, 0.6) is 17.2 Å². The van der Waals surface area contributed by atoms with E-state index in [1.807, 2.05) is 24.3 Å². The van der Waals surface area contributed by atoms with Gasteiger partial charge in [0.15, 0.2) is 11.5 Å². The van der Waals surface area contributed by atoms with Crippen LogP contribution in [0.15, 0.2) is 47.1 Å². The second-order valence-corrected chi connectivity index (χ2v) is 4.31. The first-order valence-electron chi connectivity index (χ1n) is 6.17. The highest BCUT2D eigenvalue weighted by atomic mass is 16.5. The molecule has 0 radical (unpaired) electrons. The number of furan rings is 1. The van der Waals surface area contributed by atoms with Crippen LogP contribution in [0.1, 0.15) is 0 Å². The smallest absolute Gasteiger partial charge is 0.173 e. The maximum atomic E-state index is 10.5. The van der Waals surface area contributed by atoms with E-state index < -0.39 is 0 Å². The van der Waals surface area contributed by atoms with Gasteiger partial charge in [0.1, 0.15) is 17.1 Å². The molecule has 2 aromatic carbocycles. The van der Waals surface area contributed by atoms with E-state index in [-0.39, 0.29) is 5.75 Å². The molecule has 0 spiro atoms. The van der Waals surface area contributed by atoms with Crippen molar-refractivity contribution in [2.45, 2.75) is 0 Å². The lowest BCUT2D eigenvalue weighted by Gasteiger charge is -2.16. The highest BCUT2D eigenvalue weighted by Crippen LogP contribution is 2.49. The molecule has 0 saturated heterocycles. The monoisotopic (exact) mass is 270 g/mol. The van der Waals surface area contributed by atoms with Crippen LogP contribution in [0.4, 0.5) is 0 Å². The highest BCUT2D eigenvalue weighted by Gasteiger charge is 2.23. The number of ether oxygens (including phenoxy) is 2. The normalized spacial score (nSPS) is 10.7. The molecular weight excluding hydrogens is 256 g/mol. The molecule has 0 aliphatic heterocycles. The summed E-state index contributed by atoms with van der Waals surface area (Å²) in [5.41, 5.74) is 0.494. The molecule has 0 bridgehead atoms. The first-order chi connectivity index (χ1) is 9.77. The summed E-state index contributed by atoms with van der Waals surface area (Å²) in [6.07, 6.45) is 1.55. The Morgan fingerprint density at radius 3 is 2.10 bits per heavy atom. The second kappa shape index (κ2) is 4.81. The van der Waals surface area contributed by atoms with Gasteiger partial charge >= 0.3 is 0 Å². The van der Waals surface area contributed by atoms with Crippen LogP contribution < -0.4 is 9.47 Å². The zero-order valence-electron chi connectivity index (χ0n) is 11.2. The molecule has 102 valence electrons. The van der Waals surface area contributed by atoms with E-state index in [0.717, 1.165) is 10.8 Å². The predicted octanol–water partition coefficient (Wildman–Crippen LogP) is 3.82. The molecule has 0 saturated carbocycles. The van der Waals surface area contributed by atoms with Crippen LogP contribution in [0.2, 0.25) is 0 Å². The third kappa shape index (κ3) is 1.69. The van der Waals surface area contributed by atoms with Gasteiger partial charge in [0.25, 0.3) is 0 Å². The molecule has 4 heteroatoms. The third-order valence-electron chi connectivity index (χ3n) is 3.27. The topological polar surface area (TPSA) is 51.8 Å². The number of methoxy groups -OCH3 is 2. The highest BCUT2D eigenvalue weighted by molar-refractivity contribution is 6.02. The molecule has 0 unspecified atom stereocenters. The lowest BCUT2D eigenvalue weighted by Crippen LogP contribution is -1.94. The molecule has 3 aromatic rings. The Morgan fingerprint density at radius 2 is 1.55 bits per heavy atom. The zero-order chi connectivity index (χ0) is 14.1. The van der Waals surface area contributed by atoms with Crippen molar-refractivity contribution in [1.29, 1.82) is 0 Å². The van der Waals surface area contributed by atoms with Crippen molar-refractivity contribution in [3.8, 4) is 28.6 Å². The molecule has 1 N–H and O–H groups in total. The number of phenols is 1. The van der Waals surface area contributed by atoms with Gasteiger partial charge in [-0.25, -0.2) is 0 Å². The van der Waals surface area contributed by atoms with Gasteiger partial charge in [-0.1, -0.05) is 24.3 Å². The van der Waals surface area contributed by atoms with E-state index in [9.17, 15) is 5.11 Å². The van der Waals surface area contributed by atoms with Gasteiger partial charge < -0.3 is 19.0 Å². The number of benzene rings is 2. The summed E-state index contributed by atoms with van der Waals surface area (Å²) in [7, 11) is 3.10. The Balaban J connectivity index is 2.48. The summed E-state index contributed by atoms with van der Waals surface area (Å²) in [6.45, 7) is 0. The van der Waals surface area contributed by atoms with E-state index in [0.29, 0.717) is 22.8 Å². The van der Waals surface area contributed by atoms with Crippen molar-refractivity contribution in [1.82, 2.24) is 0 Å². The van der Waals surface area contributed by atoms with Gasteiger partial charge in [0.2, 0.25) is 0 Å². The summed E-state index contributed by atoms with van der Waals surface area (Å²) in [5, 5.41) is 12.2. The molecule has 0 aliphatic rings. The summed E-state index contributed by atoms with van der Waals surface area (Å²) in [5.74, 6) is 1.52. The molecular formula is C16H14O4. The number of hydrogen-bond acceptors (Lipinski definition) is 4. The number of fused-ring (bicyclic) bond motifs is 1. The van der Waals surface area contributed by atoms with Crippen LogP contribution in [0, 0.1) is 0 Å². The fourth-order valence-electron chi connectivity index (χ4n) is 2.43. The van der Waals surface area contributed by atoms with Gasteiger partial charge in [-0.2, -0.15) is 0 Å². The Bertz CT molecular complexity index is 745. The van der Waals surface area contributed by atoms with Gasteiger partial charge in [-0.3, -0.25) is 0 Å². The van der Waals surface area contributed by atoms with E-state index in [1.165, 1.54) is 7.11 Å². The summed E-state index contributed by atoms with van der Waals surface area (Å²) in [6, 6.07) is 11.1. The number of rotatable bonds is 3. The first kappa shape index (κ1) is 12.4. The van der Waals surface area contributed by atoms with Gasteiger partial charge in [-0.15, -0.1) is 0 Å². The standard InChI is InChI=1S/C16H14O4/c1-18-15-10-6-3-4-7-11(10)16(19-2)14(17)13(15)12-8-5-9-20-12/h3-9,17H,1-2H3. The second-order valence-electron chi connectivity index (χ2n) is 4.31. The van der Waals surface area contributed by atoms with Crippen LogP contribution in [0.3, 0.4) is 0 Å². The summed E-state index contributed by atoms with van der Waals surface area (Å²) >= 11 is 0. The van der Waals surface area contributed by atoms with Crippen molar-refractivity contribution < 1.29 is 19.0 Å². The van der Waals surface area contributed by atoms with E-state index in [2.05, 4.69) is 0 Å². The van der Waals surface area contributed by atoms with Crippen LogP contribution >= 0.6 is 0 Å². The molecule has 0 aliphatic carbocycles. The average molecular weight is 270 g/mol. The Kier molecular flexibility index (Phi) is 2.99. The molecule has 1 heterocycles. The summed E-state index contributed by atoms with van der Waals surface area (Å²) < 4.78 is 16.2. The average Bonchev–Trinajstić information content (AvgIpc) is 2.99. The minimum Gasteiger partial charge on any atom is -0.504 e. The van der Waals surface area contributed by atoms with E-state index in [1.54, 1.807) is 25.5 Å². The quantitative estimate of drug-likeness (QED) is 0.786. The Hall–Kier alpha value is -2.62. The SMILES string of the molecule is COc1c(O)c(-c2ccco2)c(OC)c2ccccc12. The van der Waals surface area contributed by atoms with Crippen molar-refractivity contribution in [3.63, 3.8) is 0 Å². The van der Waals surface area contributed by atoms with Gasteiger partial charge in [0, 0.05) is 10.8 Å². The van der Waals surface area contributed by atoms with Crippen LogP contribution in [0.25, 0.3) is 22.1 Å². The van der Waals surface area contributed by atoms with Crippen molar-refractivity contribution in [2.75, 3.05) is 14.2 Å². The van der Waals surface area contributed by atoms with Crippen molar-refractivity contribution >= 4 is 10.8 Å². The third-order valence-corrected chi connectivity index (χ3v) is 3.27. The fourth-order valence-corrected chi connectivity index (χ4v) is 2.43. The maximum absolute atomic E-state index is 10.5. The molecule has 20 heavy (non-hydrogen) atoms. The summed E-state index contributed by atoms with van der Waals surface area (Å²) in [4.78, 5) is 0. The molecule has 0 amide bonds. The molecule has 0 atom stereocenters. The molecule has 0 fully saturated rings. The molecule has 3 rings (SSSR count). The first-order valence-corrected chi connectivity index (χ1v) is 6.17. The Labute approximate surface area is 116 Å². The minimum absolute atomic E-state index is 0.0120. The molecule has 1 aromatic heterocycles. The predicted molar refractivity (Wildman–Crippen MR) is 76.4 cm³/mol. The lowest BCUT2D eigenvalue weighted by molar-refractivity contribution is 0.372. The zero-order valence-corrected chi connectivity index (χ0v) is 11.2. The Morgan fingerprint density at radius 1 is 0.900 bits per heavy atom. The number of phenolic OH excluding ortho intramolecular Hbond substituents is 1. The number of aromatic hydroxyl groups is 1. The fraction of sp³-hybridized carbons (Fsp3) is 0.125. The molecule has 4 nitrogen and oxygen atoms in total. The maximum Gasteiger partial charge on any atom is 0.173 e. The lowest BCUT2D eigenvalue weighted by atomic mass is 10.0. The van der Waals surface area contributed by atoms with Crippen molar-refractivity contribution in [2.24, 2.45) is 0 Å². The van der Waals surface area contributed by atoms with Gasteiger partial charge in [-0.05, 0) is 12.1 Å². The largest absolute Gasteiger partial charge is 0.504 e. The van der Waals surface area contributed by atoms with Gasteiger partial charge in [0.05, 0.1) is 20.5 Å². The number of hydrogen-bond donors (Lipinski definition) is 1. The van der Waals surface area contributed by atoms with Crippen molar-refractivity contribution in [3.05, 3.63) is 42.7 Å². The van der Waals surface area contributed by atoms with Crippen LogP contribution in [-0.2, 0) is 0 Å². The minimum atomic E-state index is 0.0120.